The summed E-state index contributed by atoms with van der Waals surface area (Å²) in [6.45, 7) is 1.80. The molecule has 0 saturated heterocycles. The second-order valence-corrected chi connectivity index (χ2v) is 6.13. The van der Waals surface area contributed by atoms with E-state index in [0.717, 1.165) is 36.1 Å². The number of carbonyl (C=O) groups excluding carboxylic acids is 2. The van der Waals surface area contributed by atoms with Gasteiger partial charge in [-0.05, 0) is 42.5 Å². The summed E-state index contributed by atoms with van der Waals surface area (Å²) in [5.41, 5.74) is 2.28. The van der Waals surface area contributed by atoms with Crippen LogP contribution in [0.3, 0.4) is 0 Å². The van der Waals surface area contributed by atoms with E-state index in [9.17, 15) is 9.59 Å². The summed E-state index contributed by atoms with van der Waals surface area (Å²) in [6, 6.07) is 17.3. The second kappa shape index (κ2) is 6.87. The molecule has 2 aromatic carbocycles. The first-order valence-corrected chi connectivity index (χ1v) is 8.25. The Morgan fingerprint density at radius 3 is 2.50 bits per heavy atom. The number of hydrogen-bond donors (Lipinski definition) is 1. The van der Waals surface area contributed by atoms with E-state index in [1.54, 1.807) is 0 Å². The van der Waals surface area contributed by atoms with Crippen LogP contribution in [-0.4, -0.2) is 18.5 Å². The molecule has 1 amide bonds. The van der Waals surface area contributed by atoms with Crippen LogP contribution >= 0.6 is 0 Å². The van der Waals surface area contributed by atoms with Gasteiger partial charge in [-0.15, -0.1) is 0 Å². The molecular formula is C20H21NO3. The highest BCUT2D eigenvalue weighted by Gasteiger charge is 2.52. The molecule has 2 aromatic rings. The maximum Gasteiger partial charge on any atom is 0.317 e. The Labute approximate surface area is 141 Å². The van der Waals surface area contributed by atoms with Crippen LogP contribution in [0, 0.1) is 0 Å². The van der Waals surface area contributed by atoms with Crippen molar-refractivity contribution in [3.05, 3.63) is 65.7 Å². The molecule has 124 valence electrons. The number of aryl methyl sites for hydroxylation is 1. The Balaban J connectivity index is 1.55. The predicted octanol–water partition coefficient (Wildman–Crippen LogP) is 3.46. The second-order valence-electron chi connectivity index (χ2n) is 6.13. The van der Waals surface area contributed by atoms with Crippen LogP contribution in [0.5, 0.6) is 0 Å². The molecule has 24 heavy (non-hydrogen) atoms. The van der Waals surface area contributed by atoms with E-state index in [1.807, 2.05) is 54.6 Å². The highest BCUT2D eigenvalue weighted by Crippen LogP contribution is 2.49. The van der Waals surface area contributed by atoms with Gasteiger partial charge in [0.15, 0.2) is 6.61 Å². The molecule has 0 atom stereocenters. The molecule has 3 rings (SSSR count). The first kappa shape index (κ1) is 16.2. The number of benzene rings is 2. The van der Waals surface area contributed by atoms with E-state index in [2.05, 4.69) is 12.2 Å². The molecule has 1 saturated carbocycles. The van der Waals surface area contributed by atoms with Crippen LogP contribution in [0.1, 0.15) is 30.9 Å². The van der Waals surface area contributed by atoms with Gasteiger partial charge in [-0.2, -0.15) is 0 Å². The highest BCUT2D eigenvalue weighted by molar-refractivity contribution is 5.94. The Morgan fingerprint density at radius 1 is 1.08 bits per heavy atom. The molecule has 1 aliphatic rings. The minimum absolute atomic E-state index is 0.260. The van der Waals surface area contributed by atoms with Crippen molar-refractivity contribution < 1.29 is 14.3 Å². The standard InChI is InChI=1S/C20H21NO3/c1-2-15-7-6-10-17(13-15)21-18(22)14-24-19(23)20(11-12-20)16-8-4-3-5-9-16/h3-10,13H,2,11-12,14H2,1H3,(H,21,22). The monoisotopic (exact) mass is 323 g/mol. The van der Waals surface area contributed by atoms with Crippen molar-refractivity contribution in [3.8, 4) is 0 Å². The molecule has 0 bridgehead atoms. The van der Waals surface area contributed by atoms with Gasteiger partial charge in [-0.25, -0.2) is 0 Å². The van der Waals surface area contributed by atoms with Crippen LogP contribution in [0.4, 0.5) is 5.69 Å². The number of carbonyl (C=O) groups is 2. The smallest absolute Gasteiger partial charge is 0.317 e. The molecule has 4 heteroatoms. The molecule has 4 nitrogen and oxygen atoms in total. The van der Waals surface area contributed by atoms with Gasteiger partial charge in [0.05, 0.1) is 5.41 Å². The first-order chi connectivity index (χ1) is 11.6. The van der Waals surface area contributed by atoms with Crippen LogP contribution in [0.25, 0.3) is 0 Å². The lowest BCUT2D eigenvalue weighted by molar-refractivity contribution is -0.150. The van der Waals surface area contributed by atoms with E-state index in [4.69, 9.17) is 4.74 Å². The zero-order chi connectivity index (χ0) is 17.0. The Kier molecular flexibility index (Phi) is 4.65. The van der Waals surface area contributed by atoms with Gasteiger partial charge in [0.25, 0.3) is 5.91 Å². The summed E-state index contributed by atoms with van der Waals surface area (Å²) in [5.74, 6) is -0.633. The summed E-state index contributed by atoms with van der Waals surface area (Å²) in [4.78, 5) is 24.4. The van der Waals surface area contributed by atoms with Crippen molar-refractivity contribution in [3.63, 3.8) is 0 Å². The molecule has 1 aliphatic carbocycles. The van der Waals surface area contributed by atoms with Crippen LogP contribution in [0.2, 0.25) is 0 Å². The minimum atomic E-state index is -0.552. The summed E-state index contributed by atoms with van der Waals surface area (Å²) in [7, 11) is 0. The van der Waals surface area contributed by atoms with E-state index in [0.29, 0.717) is 0 Å². The van der Waals surface area contributed by atoms with Gasteiger partial charge in [0.1, 0.15) is 0 Å². The number of anilines is 1. The number of hydrogen-bond acceptors (Lipinski definition) is 3. The van der Waals surface area contributed by atoms with E-state index in [-0.39, 0.29) is 18.5 Å². The lowest BCUT2D eigenvalue weighted by Crippen LogP contribution is -2.28. The molecule has 0 aromatic heterocycles. The molecule has 0 aliphatic heterocycles. The fourth-order valence-corrected chi connectivity index (χ4v) is 2.83. The number of amides is 1. The third-order valence-electron chi connectivity index (χ3n) is 4.42. The average molecular weight is 323 g/mol. The highest BCUT2D eigenvalue weighted by atomic mass is 16.5. The fraction of sp³-hybridized carbons (Fsp3) is 0.300. The molecule has 0 heterocycles. The number of nitrogens with one attached hydrogen (secondary N) is 1. The van der Waals surface area contributed by atoms with Crippen molar-refractivity contribution in [2.45, 2.75) is 31.6 Å². The lowest BCUT2D eigenvalue weighted by Gasteiger charge is -2.14. The number of esters is 1. The lowest BCUT2D eigenvalue weighted by atomic mass is 9.96. The third kappa shape index (κ3) is 3.48. The van der Waals surface area contributed by atoms with E-state index < -0.39 is 5.41 Å². The average Bonchev–Trinajstić information content (AvgIpc) is 3.42. The normalized spacial score (nSPS) is 14.7. The number of ether oxygens (including phenoxy) is 1. The van der Waals surface area contributed by atoms with Crippen molar-refractivity contribution >= 4 is 17.6 Å². The molecule has 0 unspecified atom stereocenters. The summed E-state index contributed by atoms with van der Waals surface area (Å²) < 4.78 is 5.26. The van der Waals surface area contributed by atoms with Gasteiger partial charge in [0, 0.05) is 5.69 Å². The predicted molar refractivity (Wildman–Crippen MR) is 92.8 cm³/mol. The van der Waals surface area contributed by atoms with Crippen molar-refractivity contribution in [2.24, 2.45) is 0 Å². The van der Waals surface area contributed by atoms with Crippen molar-refractivity contribution in [1.29, 1.82) is 0 Å². The Bertz CT molecular complexity index is 736. The maximum atomic E-state index is 12.4. The quantitative estimate of drug-likeness (QED) is 0.828. The van der Waals surface area contributed by atoms with Crippen LogP contribution in [-0.2, 0) is 26.2 Å². The van der Waals surface area contributed by atoms with Gasteiger partial charge in [-0.1, -0.05) is 49.4 Å². The van der Waals surface area contributed by atoms with E-state index >= 15 is 0 Å². The maximum absolute atomic E-state index is 12.4. The number of rotatable bonds is 6. The first-order valence-electron chi connectivity index (χ1n) is 8.25. The minimum Gasteiger partial charge on any atom is -0.455 e. The molecule has 0 radical (unpaired) electrons. The van der Waals surface area contributed by atoms with Gasteiger partial charge >= 0.3 is 5.97 Å². The zero-order valence-electron chi connectivity index (χ0n) is 13.7. The molecule has 1 fully saturated rings. The molecule has 0 spiro atoms. The van der Waals surface area contributed by atoms with Crippen LogP contribution in [0.15, 0.2) is 54.6 Å². The fourth-order valence-electron chi connectivity index (χ4n) is 2.83. The van der Waals surface area contributed by atoms with Crippen LogP contribution < -0.4 is 5.32 Å². The third-order valence-corrected chi connectivity index (χ3v) is 4.42. The van der Waals surface area contributed by atoms with Gasteiger partial charge in [-0.3, -0.25) is 9.59 Å². The summed E-state index contributed by atoms with van der Waals surface area (Å²) >= 11 is 0. The zero-order valence-corrected chi connectivity index (χ0v) is 13.7. The Hall–Kier alpha value is -2.62. The Morgan fingerprint density at radius 2 is 1.83 bits per heavy atom. The topological polar surface area (TPSA) is 55.4 Å². The van der Waals surface area contributed by atoms with E-state index in [1.165, 1.54) is 0 Å². The van der Waals surface area contributed by atoms with Crippen molar-refractivity contribution in [2.75, 3.05) is 11.9 Å². The summed E-state index contributed by atoms with van der Waals surface area (Å²) in [6.07, 6.45) is 2.45. The SMILES string of the molecule is CCc1cccc(NC(=O)COC(=O)C2(c3ccccc3)CC2)c1. The molecular weight excluding hydrogens is 302 g/mol. The van der Waals surface area contributed by atoms with Crippen molar-refractivity contribution in [1.82, 2.24) is 0 Å². The van der Waals surface area contributed by atoms with Gasteiger partial charge < -0.3 is 10.1 Å². The van der Waals surface area contributed by atoms with Gasteiger partial charge in [0.2, 0.25) is 0 Å². The largest absolute Gasteiger partial charge is 0.455 e. The molecule has 1 N–H and O–H groups in total. The summed E-state index contributed by atoms with van der Waals surface area (Å²) in [5, 5.41) is 2.77.